The Bertz CT molecular complexity index is 1650. The van der Waals surface area contributed by atoms with E-state index >= 15 is 0 Å². The van der Waals surface area contributed by atoms with E-state index in [2.05, 4.69) is 109 Å². The van der Waals surface area contributed by atoms with Crippen molar-refractivity contribution in [2.75, 3.05) is 0 Å². The van der Waals surface area contributed by atoms with Gasteiger partial charge in [-0.15, -0.1) is 0 Å². The van der Waals surface area contributed by atoms with Gasteiger partial charge in [0.2, 0.25) is 0 Å². The lowest BCUT2D eigenvalue weighted by Gasteiger charge is -2.20. The number of fused-ring (bicyclic) bond motifs is 9. The Balaban J connectivity index is 1.70. The van der Waals surface area contributed by atoms with E-state index in [0.717, 1.165) is 22.5 Å². The second-order valence-corrected chi connectivity index (χ2v) is 9.00. The van der Waals surface area contributed by atoms with Gasteiger partial charge in [0.25, 0.3) is 0 Å². The molecule has 0 radical (unpaired) electrons. The maximum atomic E-state index is 6.76. The average Bonchev–Trinajstić information content (AvgIpc) is 3.42. The van der Waals surface area contributed by atoms with Crippen molar-refractivity contribution in [1.82, 2.24) is 4.57 Å². The molecule has 2 heterocycles. The van der Waals surface area contributed by atoms with Gasteiger partial charge in [-0.3, -0.25) is 0 Å². The number of para-hydroxylation sites is 2. The molecule has 0 fully saturated rings. The molecule has 4 aromatic carbocycles. The predicted octanol–water partition coefficient (Wildman–Crippen LogP) is 7.84. The maximum absolute atomic E-state index is 6.76. The molecule has 1 aliphatic carbocycles. The van der Waals surface area contributed by atoms with E-state index in [1.165, 1.54) is 38.4 Å². The summed E-state index contributed by atoms with van der Waals surface area (Å²) in [6.45, 7) is 4.62. The molecule has 0 bridgehead atoms. The zero-order chi connectivity index (χ0) is 20.7. The summed E-state index contributed by atoms with van der Waals surface area (Å²) in [4.78, 5) is 0. The molecule has 0 aliphatic heterocycles. The molecule has 148 valence electrons. The van der Waals surface area contributed by atoms with Gasteiger partial charge in [0.1, 0.15) is 5.76 Å². The van der Waals surface area contributed by atoms with Crippen LogP contribution in [0, 0.1) is 0 Å². The Morgan fingerprint density at radius 2 is 1.39 bits per heavy atom. The summed E-state index contributed by atoms with van der Waals surface area (Å²) in [6, 6.07) is 32.4. The Morgan fingerprint density at radius 1 is 0.677 bits per heavy atom. The third-order valence-corrected chi connectivity index (χ3v) is 6.98. The van der Waals surface area contributed by atoms with Crippen LogP contribution < -0.4 is 0 Å². The highest BCUT2D eigenvalue weighted by atomic mass is 16.3. The first-order valence-corrected chi connectivity index (χ1v) is 10.8. The molecule has 2 nitrogen and oxygen atoms in total. The van der Waals surface area contributed by atoms with E-state index in [1.54, 1.807) is 0 Å². The Labute approximate surface area is 180 Å². The Kier molecular flexibility index (Phi) is 3.10. The first-order chi connectivity index (χ1) is 15.2. The van der Waals surface area contributed by atoms with Gasteiger partial charge < -0.3 is 8.98 Å². The first kappa shape index (κ1) is 17.0. The Morgan fingerprint density at radius 3 is 2.26 bits per heavy atom. The lowest BCUT2D eigenvalue weighted by Crippen LogP contribution is -2.14. The van der Waals surface area contributed by atoms with Gasteiger partial charge in [0.15, 0.2) is 5.58 Å². The van der Waals surface area contributed by atoms with Crippen molar-refractivity contribution < 1.29 is 4.42 Å². The highest BCUT2D eigenvalue weighted by Gasteiger charge is 2.40. The van der Waals surface area contributed by atoms with E-state index in [0.29, 0.717) is 0 Å². The zero-order valence-electron chi connectivity index (χ0n) is 17.5. The van der Waals surface area contributed by atoms with E-state index < -0.39 is 0 Å². The fourth-order valence-electron chi connectivity index (χ4n) is 5.62. The highest BCUT2D eigenvalue weighted by molar-refractivity contribution is 6.18. The van der Waals surface area contributed by atoms with Crippen LogP contribution in [0.3, 0.4) is 0 Å². The van der Waals surface area contributed by atoms with E-state index in [1.807, 2.05) is 0 Å². The van der Waals surface area contributed by atoms with Crippen molar-refractivity contribution in [3.8, 4) is 17.0 Å². The number of hydrogen-bond acceptors (Lipinski definition) is 1. The van der Waals surface area contributed by atoms with Gasteiger partial charge in [0.05, 0.1) is 11.0 Å². The van der Waals surface area contributed by atoms with Crippen LogP contribution in [0.4, 0.5) is 0 Å². The SMILES string of the molecule is CC1(C)c2ccccc2-c2oc3c(ccc4c5ccccc5n(-c5ccccc5)c43)c21. The van der Waals surface area contributed by atoms with E-state index in [-0.39, 0.29) is 5.41 Å². The number of furan rings is 1. The van der Waals surface area contributed by atoms with E-state index in [9.17, 15) is 0 Å². The van der Waals surface area contributed by atoms with Gasteiger partial charge in [-0.2, -0.15) is 0 Å². The van der Waals surface area contributed by atoms with Crippen LogP contribution in [0.15, 0.2) is 95.4 Å². The summed E-state index contributed by atoms with van der Waals surface area (Å²) in [7, 11) is 0. The van der Waals surface area contributed by atoms with Crippen molar-refractivity contribution in [1.29, 1.82) is 0 Å². The van der Waals surface area contributed by atoms with Crippen LogP contribution in [0.2, 0.25) is 0 Å². The third-order valence-electron chi connectivity index (χ3n) is 6.98. The van der Waals surface area contributed by atoms with Crippen molar-refractivity contribution in [2.24, 2.45) is 0 Å². The number of nitrogens with zero attached hydrogens (tertiary/aromatic N) is 1. The molecule has 0 N–H and O–H groups in total. The molecule has 0 unspecified atom stereocenters. The lowest BCUT2D eigenvalue weighted by atomic mass is 9.81. The Hall–Kier alpha value is -3.78. The average molecular weight is 399 g/mol. The second-order valence-electron chi connectivity index (χ2n) is 9.00. The van der Waals surface area contributed by atoms with Gasteiger partial charge in [-0.05, 0) is 23.8 Å². The zero-order valence-corrected chi connectivity index (χ0v) is 17.5. The van der Waals surface area contributed by atoms with Gasteiger partial charge in [-0.25, -0.2) is 0 Å². The van der Waals surface area contributed by atoms with Crippen LogP contribution in [0.1, 0.15) is 25.0 Å². The standard InChI is InChI=1S/C29H21NO/c1-29(2)23-14-8-6-13-21(23)27-25(29)22-17-16-20-19-12-7-9-15-24(19)30(26(20)28(22)31-27)18-10-4-3-5-11-18/h3-17H,1-2H3. The fraction of sp³-hybridized carbons (Fsp3) is 0.103. The first-order valence-electron chi connectivity index (χ1n) is 10.8. The summed E-state index contributed by atoms with van der Waals surface area (Å²) >= 11 is 0. The molecule has 0 saturated carbocycles. The molecule has 0 spiro atoms. The minimum atomic E-state index is -0.0888. The summed E-state index contributed by atoms with van der Waals surface area (Å²) in [5.74, 6) is 1.02. The highest BCUT2D eigenvalue weighted by Crippen LogP contribution is 2.54. The van der Waals surface area contributed by atoms with Crippen LogP contribution in [-0.2, 0) is 5.41 Å². The van der Waals surface area contributed by atoms with Crippen LogP contribution in [0.25, 0.3) is 49.8 Å². The third kappa shape index (κ3) is 2.02. The minimum Gasteiger partial charge on any atom is -0.453 e. The molecule has 2 aromatic heterocycles. The predicted molar refractivity (Wildman–Crippen MR) is 128 cm³/mol. The smallest absolute Gasteiger partial charge is 0.159 e. The largest absolute Gasteiger partial charge is 0.453 e. The number of hydrogen-bond donors (Lipinski definition) is 0. The summed E-state index contributed by atoms with van der Waals surface area (Å²) < 4.78 is 9.11. The molecule has 2 heteroatoms. The molecule has 31 heavy (non-hydrogen) atoms. The summed E-state index contributed by atoms with van der Waals surface area (Å²) in [5.41, 5.74) is 8.25. The molecule has 0 amide bonds. The molecule has 6 aromatic rings. The molecule has 1 aliphatic rings. The number of rotatable bonds is 1. The van der Waals surface area contributed by atoms with Crippen LogP contribution >= 0.6 is 0 Å². The minimum absolute atomic E-state index is 0.0888. The molecule has 0 saturated heterocycles. The van der Waals surface area contributed by atoms with Crippen molar-refractivity contribution in [3.05, 3.63) is 102 Å². The van der Waals surface area contributed by atoms with Crippen molar-refractivity contribution in [2.45, 2.75) is 19.3 Å². The normalized spacial score (nSPS) is 14.4. The van der Waals surface area contributed by atoms with E-state index in [4.69, 9.17) is 4.42 Å². The monoisotopic (exact) mass is 399 g/mol. The van der Waals surface area contributed by atoms with Crippen molar-refractivity contribution >= 4 is 32.8 Å². The number of aromatic nitrogens is 1. The fourth-order valence-corrected chi connectivity index (χ4v) is 5.62. The van der Waals surface area contributed by atoms with Gasteiger partial charge in [0, 0.05) is 38.4 Å². The van der Waals surface area contributed by atoms with Gasteiger partial charge in [-0.1, -0.05) is 86.6 Å². The lowest BCUT2D eigenvalue weighted by molar-refractivity contribution is 0.621. The quantitative estimate of drug-likeness (QED) is 0.275. The van der Waals surface area contributed by atoms with Gasteiger partial charge >= 0.3 is 0 Å². The number of benzene rings is 4. The van der Waals surface area contributed by atoms with Crippen LogP contribution in [-0.4, -0.2) is 4.57 Å². The molecule has 7 rings (SSSR count). The summed E-state index contributed by atoms with van der Waals surface area (Å²) in [5, 5.41) is 3.69. The maximum Gasteiger partial charge on any atom is 0.159 e. The topological polar surface area (TPSA) is 18.1 Å². The molecule has 0 atom stereocenters. The second kappa shape index (κ2) is 5.67. The molecular weight excluding hydrogens is 378 g/mol. The summed E-state index contributed by atoms with van der Waals surface area (Å²) in [6.07, 6.45) is 0. The van der Waals surface area contributed by atoms with Crippen LogP contribution in [0.5, 0.6) is 0 Å². The molecular formula is C29H21NO. The van der Waals surface area contributed by atoms with Crippen molar-refractivity contribution in [3.63, 3.8) is 0 Å².